The van der Waals surface area contributed by atoms with Crippen molar-refractivity contribution >= 4 is 41.0 Å². The normalized spacial score (nSPS) is 9.18. The molecule has 0 amide bonds. The lowest BCUT2D eigenvalue weighted by atomic mass is 10.0. The summed E-state index contributed by atoms with van der Waals surface area (Å²) in [5.74, 6) is -5.57. The zero-order chi connectivity index (χ0) is 12.5. The van der Waals surface area contributed by atoms with Crippen molar-refractivity contribution in [1.29, 1.82) is 0 Å². The molecule has 0 aliphatic heterocycles. The van der Waals surface area contributed by atoms with Crippen molar-refractivity contribution in [2.24, 2.45) is 0 Å². The van der Waals surface area contributed by atoms with Crippen LogP contribution in [-0.2, 0) is 0 Å². The van der Waals surface area contributed by atoms with E-state index in [-0.39, 0.29) is 23.1 Å². The molecule has 1 rings (SSSR count). The standard InChI is InChI=1S/C9H6O7.Mg.2H/c10-3-1-4(7(11)12)6(9(15)16)5(2-3)8(13)14;;;/h1-2,10H,(H,11,12)(H,13,14)(H,15,16);;;. The molecule has 17 heavy (non-hydrogen) atoms. The first-order valence-electron chi connectivity index (χ1n) is 3.91. The number of rotatable bonds is 3. The van der Waals surface area contributed by atoms with E-state index in [2.05, 4.69) is 0 Å². The summed E-state index contributed by atoms with van der Waals surface area (Å²) in [6.45, 7) is 0. The molecule has 0 saturated heterocycles. The Morgan fingerprint density at radius 3 is 1.41 bits per heavy atom. The molecule has 4 N–H and O–H groups in total. The van der Waals surface area contributed by atoms with Crippen molar-refractivity contribution in [1.82, 2.24) is 0 Å². The number of hydrogen-bond donors (Lipinski definition) is 4. The summed E-state index contributed by atoms with van der Waals surface area (Å²) in [7, 11) is 0. The smallest absolute Gasteiger partial charge is 0.337 e. The van der Waals surface area contributed by atoms with E-state index in [0.717, 1.165) is 0 Å². The molecule has 0 spiro atoms. The second kappa shape index (κ2) is 5.50. The van der Waals surface area contributed by atoms with Gasteiger partial charge in [0.25, 0.3) is 0 Å². The van der Waals surface area contributed by atoms with Crippen molar-refractivity contribution < 1.29 is 34.8 Å². The molecule has 0 aliphatic rings. The lowest BCUT2D eigenvalue weighted by molar-refractivity contribution is 0.0632. The van der Waals surface area contributed by atoms with Gasteiger partial charge in [0, 0.05) is 0 Å². The fourth-order valence-electron chi connectivity index (χ4n) is 1.19. The highest BCUT2D eigenvalue weighted by atomic mass is 24.3. The summed E-state index contributed by atoms with van der Waals surface area (Å²) >= 11 is 0. The number of phenols is 1. The first kappa shape index (κ1) is 15.2. The van der Waals surface area contributed by atoms with Gasteiger partial charge in [-0.3, -0.25) is 0 Å². The van der Waals surface area contributed by atoms with Crippen LogP contribution in [0.15, 0.2) is 12.1 Å². The SMILES string of the molecule is O=C(O)c1cc(O)cc(C(=O)O)c1C(=O)O.[MgH2]. The summed E-state index contributed by atoms with van der Waals surface area (Å²) in [6, 6.07) is 1.36. The van der Waals surface area contributed by atoms with Crippen LogP contribution in [0.2, 0.25) is 0 Å². The van der Waals surface area contributed by atoms with Gasteiger partial charge in [-0.15, -0.1) is 0 Å². The van der Waals surface area contributed by atoms with Gasteiger partial charge in [0.05, 0.1) is 16.7 Å². The maximum Gasteiger partial charge on any atom is 0.337 e. The Morgan fingerprint density at radius 1 is 0.824 bits per heavy atom. The number of aromatic hydroxyl groups is 1. The summed E-state index contributed by atoms with van der Waals surface area (Å²) in [5, 5.41) is 35.2. The molecule has 0 fully saturated rings. The Bertz CT molecular complexity index is 459. The molecule has 0 aromatic heterocycles. The van der Waals surface area contributed by atoms with Crippen LogP contribution in [0.4, 0.5) is 0 Å². The molecule has 1 aromatic rings. The third-order valence-corrected chi connectivity index (χ3v) is 1.80. The number of hydrogen-bond acceptors (Lipinski definition) is 4. The molecule has 0 radical (unpaired) electrons. The van der Waals surface area contributed by atoms with Gasteiger partial charge in [-0.05, 0) is 12.1 Å². The molecule has 0 atom stereocenters. The number of aromatic carboxylic acids is 3. The van der Waals surface area contributed by atoms with E-state index in [1.54, 1.807) is 0 Å². The zero-order valence-electron chi connectivity index (χ0n) is 7.67. The fourth-order valence-corrected chi connectivity index (χ4v) is 1.19. The van der Waals surface area contributed by atoms with Crippen molar-refractivity contribution in [3.05, 3.63) is 28.8 Å². The average molecular weight is 252 g/mol. The molecule has 0 aliphatic carbocycles. The third-order valence-electron chi connectivity index (χ3n) is 1.80. The average Bonchev–Trinajstić information content (AvgIpc) is 2.15. The number of carboxylic acid groups (broad SMARTS) is 3. The van der Waals surface area contributed by atoms with Crippen LogP contribution in [0.1, 0.15) is 31.1 Å². The van der Waals surface area contributed by atoms with Gasteiger partial charge in [-0.25, -0.2) is 14.4 Å². The molecule has 0 heterocycles. The van der Waals surface area contributed by atoms with Crippen LogP contribution >= 0.6 is 0 Å². The van der Waals surface area contributed by atoms with E-state index >= 15 is 0 Å². The van der Waals surface area contributed by atoms with Gasteiger partial charge in [-0.1, -0.05) is 0 Å². The highest BCUT2D eigenvalue weighted by Gasteiger charge is 2.24. The van der Waals surface area contributed by atoms with Gasteiger partial charge in [0.2, 0.25) is 0 Å². The molecule has 8 heteroatoms. The summed E-state index contributed by atoms with van der Waals surface area (Å²) in [4.78, 5) is 32.1. The van der Waals surface area contributed by atoms with E-state index in [9.17, 15) is 14.4 Å². The predicted octanol–water partition coefficient (Wildman–Crippen LogP) is -0.429. The molecule has 88 valence electrons. The lowest BCUT2D eigenvalue weighted by Gasteiger charge is -2.06. The third kappa shape index (κ3) is 3.08. The largest absolute Gasteiger partial charge is 0.508 e. The first-order chi connectivity index (χ1) is 7.34. The molecular formula is C9H8MgO7. The van der Waals surface area contributed by atoms with Crippen molar-refractivity contribution in [2.75, 3.05) is 0 Å². The summed E-state index contributed by atoms with van der Waals surface area (Å²) in [5.41, 5.74) is -2.41. The van der Waals surface area contributed by atoms with Gasteiger partial charge in [-0.2, -0.15) is 0 Å². The Kier molecular flexibility index (Phi) is 4.92. The summed E-state index contributed by atoms with van der Waals surface area (Å²) < 4.78 is 0. The van der Waals surface area contributed by atoms with Crippen molar-refractivity contribution in [3.63, 3.8) is 0 Å². The Hall–Kier alpha value is -1.80. The van der Waals surface area contributed by atoms with E-state index in [1.165, 1.54) is 0 Å². The van der Waals surface area contributed by atoms with Crippen LogP contribution in [-0.4, -0.2) is 61.4 Å². The van der Waals surface area contributed by atoms with E-state index in [1.807, 2.05) is 0 Å². The second-order valence-corrected chi connectivity index (χ2v) is 2.83. The fraction of sp³-hybridized carbons (Fsp3) is 0. The van der Waals surface area contributed by atoms with Crippen LogP contribution in [0.5, 0.6) is 5.75 Å². The Balaban J connectivity index is 0.00000256. The van der Waals surface area contributed by atoms with Crippen LogP contribution < -0.4 is 0 Å². The van der Waals surface area contributed by atoms with Crippen LogP contribution in [0.3, 0.4) is 0 Å². The number of carbonyl (C=O) groups is 3. The maximum atomic E-state index is 10.8. The van der Waals surface area contributed by atoms with Crippen molar-refractivity contribution in [3.8, 4) is 5.75 Å². The highest BCUT2D eigenvalue weighted by Crippen LogP contribution is 2.22. The van der Waals surface area contributed by atoms with Crippen LogP contribution in [0.25, 0.3) is 0 Å². The van der Waals surface area contributed by atoms with Gasteiger partial charge in [0.1, 0.15) is 5.75 Å². The minimum Gasteiger partial charge on any atom is -0.508 e. The number of carboxylic acids is 3. The van der Waals surface area contributed by atoms with Crippen LogP contribution in [0, 0.1) is 0 Å². The molecule has 0 bridgehead atoms. The number of benzene rings is 1. The highest BCUT2D eigenvalue weighted by molar-refractivity contribution is 6.09. The van der Waals surface area contributed by atoms with E-state index in [0.29, 0.717) is 12.1 Å². The molecular weight excluding hydrogens is 244 g/mol. The number of phenolic OH excluding ortho intramolecular Hbond substituents is 1. The maximum absolute atomic E-state index is 10.8. The van der Waals surface area contributed by atoms with Gasteiger partial charge in [0.15, 0.2) is 0 Å². The van der Waals surface area contributed by atoms with E-state index < -0.39 is 40.3 Å². The quantitative estimate of drug-likeness (QED) is 0.537. The molecule has 0 saturated carbocycles. The predicted molar refractivity (Wildman–Crippen MR) is 57.5 cm³/mol. The molecule has 1 aromatic carbocycles. The Morgan fingerprint density at radius 2 is 1.18 bits per heavy atom. The van der Waals surface area contributed by atoms with Gasteiger partial charge < -0.3 is 20.4 Å². The van der Waals surface area contributed by atoms with E-state index in [4.69, 9.17) is 20.4 Å². The first-order valence-corrected chi connectivity index (χ1v) is 3.91. The minimum atomic E-state index is -1.69. The van der Waals surface area contributed by atoms with Crippen molar-refractivity contribution in [2.45, 2.75) is 0 Å². The molecule has 7 nitrogen and oxygen atoms in total. The molecule has 0 unspecified atom stereocenters. The summed E-state index contributed by atoms with van der Waals surface area (Å²) in [6.07, 6.45) is 0. The van der Waals surface area contributed by atoms with Gasteiger partial charge >= 0.3 is 41.0 Å². The minimum absolute atomic E-state index is 0. The zero-order valence-corrected chi connectivity index (χ0v) is 7.67. The Labute approximate surface area is 110 Å². The topological polar surface area (TPSA) is 132 Å². The lowest BCUT2D eigenvalue weighted by Crippen LogP contribution is -2.14. The second-order valence-electron chi connectivity index (χ2n) is 2.83. The monoisotopic (exact) mass is 252 g/mol.